The van der Waals surface area contributed by atoms with Crippen LogP contribution in [0, 0.1) is 0 Å². The van der Waals surface area contributed by atoms with E-state index < -0.39 is 0 Å². The molecule has 1 saturated carbocycles. The van der Waals surface area contributed by atoms with Crippen molar-refractivity contribution >= 4 is 5.96 Å². The first-order valence-electron chi connectivity index (χ1n) is 9.10. The van der Waals surface area contributed by atoms with Crippen molar-refractivity contribution in [3.63, 3.8) is 0 Å². The van der Waals surface area contributed by atoms with E-state index in [0.29, 0.717) is 12.0 Å². The molecule has 1 heterocycles. The van der Waals surface area contributed by atoms with E-state index in [4.69, 9.17) is 5.73 Å². The number of nitrogens with zero attached hydrogens (tertiary/aromatic N) is 3. The summed E-state index contributed by atoms with van der Waals surface area (Å²) in [6.07, 6.45) is 10.4. The highest BCUT2D eigenvalue weighted by molar-refractivity contribution is 5.78. The Hall–Kier alpha value is -0.810. The first kappa shape index (κ1) is 17.5. The smallest absolute Gasteiger partial charge is 0.188 e. The number of nitrogens with one attached hydrogen (secondary N) is 1. The van der Waals surface area contributed by atoms with Crippen molar-refractivity contribution in [3.8, 4) is 0 Å². The lowest BCUT2D eigenvalue weighted by molar-refractivity contribution is 0.148. The molecule has 1 saturated heterocycles. The molecule has 0 amide bonds. The lowest BCUT2D eigenvalue weighted by atomic mass is 10.0. The standard InChI is InChI=1S/C17H35N5/c1-21(2)16-9-12-22(13-10-16)14-11-19-17(18)20-15-7-5-3-4-6-8-15/h15-16H,3-14H2,1-2H3,(H3,18,19,20). The fraction of sp³-hybridized carbons (Fsp3) is 0.941. The Morgan fingerprint density at radius 1 is 1.09 bits per heavy atom. The molecule has 0 spiro atoms. The van der Waals surface area contributed by atoms with Crippen molar-refractivity contribution in [2.45, 2.75) is 63.5 Å². The molecule has 1 aliphatic heterocycles. The second-order valence-corrected chi connectivity index (χ2v) is 7.14. The highest BCUT2D eigenvalue weighted by atomic mass is 15.2. The van der Waals surface area contributed by atoms with Gasteiger partial charge in [-0.3, -0.25) is 4.99 Å². The maximum atomic E-state index is 6.05. The normalized spacial score (nSPS) is 23.7. The average molecular weight is 310 g/mol. The van der Waals surface area contributed by atoms with Gasteiger partial charge >= 0.3 is 0 Å². The zero-order chi connectivity index (χ0) is 15.8. The molecule has 128 valence electrons. The largest absolute Gasteiger partial charge is 0.370 e. The first-order chi connectivity index (χ1) is 10.6. The van der Waals surface area contributed by atoms with Crippen molar-refractivity contribution in [2.24, 2.45) is 10.7 Å². The number of nitrogens with two attached hydrogens (primary N) is 1. The van der Waals surface area contributed by atoms with Crippen molar-refractivity contribution < 1.29 is 0 Å². The summed E-state index contributed by atoms with van der Waals surface area (Å²) in [6.45, 7) is 4.23. The summed E-state index contributed by atoms with van der Waals surface area (Å²) in [5.41, 5.74) is 6.05. The molecule has 1 aliphatic carbocycles. The number of hydrogen-bond donors (Lipinski definition) is 2. The maximum absolute atomic E-state index is 6.05. The third-order valence-corrected chi connectivity index (χ3v) is 5.19. The monoisotopic (exact) mass is 309 g/mol. The second-order valence-electron chi connectivity index (χ2n) is 7.14. The van der Waals surface area contributed by atoms with Gasteiger partial charge < -0.3 is 20.9 Å². The topological polar surface area (TPSA) is 56.9 Å². The van der Waals surface area contributed by atoms with E-state index in [9.17, 15) is 0 Å². The zero-order valence-electron chi connectivity index (χ0n) is 14.6. The number of rotatable bonds is 5. The van der Waals surface area contributed by atoms with Crippen LogP contribution in [0.3, 0.4) is 0 Å². The summed E-state index contributed by atoms with van der Waals surface area (Å²) in [6, 6.07) is 1.30. The summed E-state index contributed by atoms with van der Waals surface area (Å²) in [5.74, 6) is 0.648. The van der Waals surface area contributed by atoms with Crippen LogP contribution in [0.4, 0.5) is 0 Å². The van der Waals surface area contributed by atoms with E-state index in [-0.39, 0.29) is 0 Å². The predicted molar refractivity (Wildman–Crippen MR) is 94.3 cm³/mol. The van der Waals surface area contributed by atoms with Crippen LogP contribution in [0.2, 0.25) is 0 Å². The van der Waals surface area contributed by atoms with Crippen LogP contribution >= 0.6 is 0 Å². The maximum Gasteiger partial charge on any atom is 0.188 e. The number of aliphatic imine (C=N–C) groups is 1. The number of hydrogen-bond acceptors (Lipinski definition) is 3. The van der Waals surface area contributed by atoms with Gasteiger partial charge in [-0.2, -0.15) is 0 Å². The molecule has 0 unspecified atom stereocenters. The fourth-order valence-electron chi connectivity index (χ4n) is 3.65. The summed E-state index contributed by atoms with van der Waals surface area (Å²) >= 11 is 0. The van der Waals surface area contributed by atoms with Gasteiger partial charge in [0.2, 0.25) is 0 Å². The average Bonchev–Trinajstić information content (AvgIpc) is 2.76. The minimum Gasteiger partial charge on any atom is -0.370 e. The van der Waals surface area contributed by atoms with Gasteiger partial charge in [0.05, 0.1) is 6.54 Å². The third-order valence-electron chi connectivity index (χ3n) is 5.19. The molecule has 2 aliphatic rings. The number of likely N-dealkylation sites (tertiary alicyclic amines) is 1. The van der Waals surface area contributed by atoms with Crippen LogP contribution < -0.4 is 11.1 Å². The van der Waals surface area contributed by atoms with Gasteiger partial charge in [-0.05, 0) is 52.9 Å². The Labute approximate surface area is 136 Å². The quantitative estimate of drug-likeness (QED) is 0.460. The molecule has 0 atom stereocenters. The van der Waals surface area contributed by atoms with Gasteiger partial charge in [0.25, 0.3) is 0 Å². The van der Waals surface area contributed by atoms with E-state index in [1.54, 1.807) is 0 Å². The molecule has 5 nitrogen and oxygen atoms in total. The molecule has 0 bridgehead atoms. The molecule has 0 aromatic rings. The van der Waals surface area contributed by atoms with Gasteiger partial charge in [-0.1, -0.05) is 25.7 Å². The summed E-state index contributed by atoms with van der Waals surface area (Å²) < 4.78 is 0. The molecule has 5 heteroatoms. The second kappa shape index (κ2) is 9.36. The van der Waals surface area contributed by atoms with Crippen LogP contribution in [0.1, 0.15) is 51.4 Å². The first-order valence-corrected chi connectivity index (χ1v) is 9.10. The molecule has 0 aromatic carbocycles. The SMILES string of the molecule is CN(C)C1CCN(CCN=C(N)NC2CCCCCC2)CC1. The Morgan fingerprint density at radius 2 is 1.73 bits per heavy atom. The van der Waals surface area contributed by atoms with E-state index >= 15 is 0 Å². The Morgan fingerprint density at radius 3 is 2.32 bits per heavy atom. The lowest BCUT2D eigenvalue weighted by Gasteiger charge is -2.34. The van der Waals surface area contributed by atoms with Crippen molar-refractivity contribution in [1.82, 2.24) is 15.1 Å². The van der Waals surface area contributed by atoms with Gasteiger partial charge in [0.15, 0.2) is 5.96 Å². The summed E-state index contributed by atoms with van der Waals surface area (Å²) in [4.78, 5) is 9.40. The van der Waals surface area contributed by atoms with E-state index in [1.807, 2.05) is 0 Å². The molecular formula is C17H35N5. The Bertz CT molecular complexity index is 326. The molecule has 3 N–H and O–H groups in total. The number of guanidine groups is 1. The molecule has 22 heavy (non-hydrogen) atoms. The summed E-state index contributed by atoms with van der Waals surface area (Å²) in [7, 11) is 4.37. The highest BCUT2D eigenvalue weighted by Crippen LogP contribution is 2.17. The Kier molecular flexibility index (Phi) is 7.46. The fourth-order valence-corrected chi connectivity index (χ4v) is 3.65. The van der Waals surface area contributed by atoms with Crippen molar-refractivity contribution in [2.75, 3.05) is 40.3 Å². The van der Waals surface area contributed by atoms with Gasteiger partial charge in [0.1, 0.15) is 0 Å². The van der Waals surface area contributed by atoms with Crippen LogP contribution in [-0.4, -0.2) is 68.1 Å². The van der Waals surface area contributed by atoms with Crippen molar-refractivity contribution in [1.29, 1.82) is 0 Å². The van der Waals surface area contributed by atoms with Crippen LogP contribution in [0.15, 0.2) is 4.99 Å². The van der Waals surface area contributed by atoms with Crippen LogP contribution in [-0.2, 0) is 0 Å². The summed E-state index contributed by atoms with van der Waals surface area (Å²) in [5, 5.41) is 3.42. The van der Waals surface area contributed by atoms with Gasteiger partial charge in [0, 0.05) is 18.6 Å². The van der Waals surface area contributed by atoms with Crippen LogP contribution in [0.25, 0.3) is 0 Å². The molecule has 2 rings (SSSR count). The molecule has 2 fully saturated rings. The zero-order valence-corrected chi connectivity index (χ0v) is 14.6. The molecule has 0 radical (unpaired) electrons. The van der Waals surface area contributed by atoms with E-state index in [1.165, 1.54) is 64.5 Å². The molecular weight excluding hydrogens is 274 g/mol. The highest BCUT2D eigenvalue weighted by Gasteiger charge is 2.20. The van der Waals surface area contributed by atoms with Crippen LogP contribution in [0.5, 0.6) is 0 Å². The third kappa shape index (κ3) is 6.13. The van der Waals surface area contributed by atoms with Crippen molar-refractivity contribution in [3.05, 3.63) is 0 Å². The molecule has 0 aromatic heterocycles. The van der Waals surface area contributed by atoms with E-state index in [0.717, 1.165) is 19.1 Å². The van der Waals surface area contributed by atoms with Gasteiger partial charge in [-0.25, -0.2) is 0 Å². The van der Waals surface area contributed by atoms with Gasteiger partial charge in [-0.15, -0.1) is 0 Å². The lowest BCUT2D eigenvalue weighted by Crippen LogP contribution is -2.43. The predicted octanol–water partition coefficient (Wildman–Crippen LogP) is 1.64. The minimum absolute atomic E-state index is 0.544. The van der Waals surface area contributed by atoms with E-state index in [2.05, 4.69) is 34.2 Å². The minimum atomic E-state index is 0.544. The number of piperidine rings is 1. The Balaban J connectivity index is 1.62.